The minimum absolute atomic E-state index is 0.225. The Hall–Kier alpha value is -1.17. The van der Waals surface area contributed by atoms with Crippen molar-refractivity contribution in [1.82, 2.24) is 0 Å². The van der Waals surface area contributed by atoms with Gasteiger partial charge in [-0.05, 0) is 31.7 Å². The van der Waals surface area contributed by atoms with E-state index in [2.05, 4.69) is 0 Å². The molecule has 0 radical (unpaired) electrons. The van der Waals surface area contributed by atoms with Crippen molar-refractivity contribution in [3.05, 3.63) is 35.4 Å². The van der Waals surface area contributed by atoms with Gasteiger partial charge in [0.1, 0.15) is 0 Å². The molecule has 0 heterocycles. The number of alkyl halides is 3. The lowest BCUT2D eigenvalue weighted by Crippen LogP contribution is -2.37. The van der Waals surface area contributed by atoms with Gasteiger partial charge in [-0.15, -0.1) is 0 Å². The molecule has 2 rings (SSSR count). The Bertz CT molecular complexity index is 461. The fourth-order valence-corrected chi connectivity index (χ4v) is 2.56. The molecule has 1 saturated carbocycles. The van der Waals surface area contributed by atoms with E-state index in [1.165, 1.54) is 12.1 Å². The normalized spacial score (nSPS) is 28.4. The Labute approximate surface area is 107 Å². The van der Waals surface area contributed by atoms with Gasteiger partial charge in [0.15, 0.2) is 11.6 Å². The van der Waals surface area contributed by atoms with Crippen molar-refractivity contribution in [2.75, 3.05) is 0 Å². The van der Waals surface area contributed by atoms with Gasteiger partial charge in [0.25, 0.3) is 0 Å². The van der Waals surface area contributed by atoms with Crippen molar-refractivity contribution in [3.63, 3.8) is 0 Å². The topological polar surface area (TPSA) is 20.2 Å². The molecule has 0 saturated heterocycles. The van der Waals surface area contributed by atoms with Gasteiger partial charge in [-0.25, -0.2) is 8.78 Å². The zero-order chi connectivity index (χ0) is 14.3. The van der Waals surface area contributed by atoms with Crippen molar-refractivity contribution in [1.29, 1.82) is 0 Å². The van der Waals surface area contributed by atoms with Crippen LogP contribution in [0, 0.1) is 17.6 Å². The number of halogens is 5. The molecule has 0 spiro atoms. The van der Waals surface area contributed by atoms with E-state index >= 15 is 0 Å². The molecular weight excluding hydrogens is 267 g/mol. The molecule has 19 heavy (non-hydrogen) atoms. The smallest absolute Gasteiger partial charge is 0.385 e. The average Bonchev–Trinajstić information content (AvgIpc) is 2.32. The van der Waals surface area contributed by atoms with Crippen LogP contribution in [-0.2, 0) is 5.60 Å². The van der Waals surface area contributed by atoms with Gasteiger partial charge in [0, 0.05) is 5.56 Å². The van der Waals surface area contributed by atoms with E-state index in [-0.39, 0.29) is 31.2 Å². The maximum atomic E-state index is 13.6. The first-order valence-electron chi connectivity index (χ1n) is 5.97. The highest BCUT2D eigenvalue weighted by Crippen LogP contribution is 2.45. The predicted molar refractivity (Wildman–Crippen MR) is 58.3 cm³/mol. The molecule has 0 bridgehead atoms. The first-order valence-corrected chi connectivity index (χ1v) is 5.97. The number of hydrogen-bond acceptors (Lipinski definition) is 1. The van der Waals surface area contributed by atoms with Gasteiger partial charge in [-0.2, -0.15) is 13.2 Å². The van der Waals surface area contributed by atoms with Gasteiger partial charge < -0.3 is 5.11 Å². The third-order valence-electron chi connectivity index (χ3n) is 3.73. The summed E-state index contributed by atoms with van der Waals surface area (Å²) in [5.41, 5.74) is -1.97. The number of hydrogen-bond donors (Lipinski definition) is 1. The maximum Gasteiger partial charge on any atom is 0.391 e. The Morgan fingerprint density at radius 3 is 2.21 bits per heavy atom. The Balaban J connectivity index is 2.21. The van der Waals surface area contributed by atoms with Crippen LogP contribution < -0.4 is 0 Å². The molecule has 1 aromatic rings. The van der Waals surface area contributed by atoms with Crippen molar-refractivity contribution < 1.29 is 27.1 Å². The van der Waals surface area contributed by atoms with E-state index in [0.29, 0.717) is 0 Å². The minimum Gasteiger partial charge on any atom is -0.385 e. The second-order valence-corrected chi connectivity index (χ2v) is 4.95. The summed E-state index contributed by atoms with van der Waals surface area (Å²) in [7, 11) is 0. The fraction of sp³-hybridized carbons (Fsp3) is 0.538. The van der Waals surface area contributed by atoms with Gasteiger partial charge in [-0.1, -0.05) is 12.1 Å². The molecule has 0 aliphatic heterocycles. The van der Waals surface area contributed by atoms with Crippen LogP contribution in [-0.4, -0.2) is 11.3 Å². The molecular formula is C13H13F5O. The van der Waals surface area contributed by atoms with E-state index in [1.807, 2.05) is 0 Å². The van der Waals surface area contributed by atoms with E-state index in [1.54, 1.807) is 0 Å². The van der Waals surface area contributed by atoms with Gasteiger partial charge in [-0.3, -0.25) is 0 Å². The predicted octanol–water partition coefficient (Wildman–Crippen LogP) is 3.90. The molecule has 106 valence electrons. The van der Waals surface area contributed by atoms with Crippen LogP contribution in [0.5, 0.6) is 0 Å². The van der Waals surface area contributed by atoms with Crippen molar-refractivity contribution in [2.24, 2.45) is 5.92 Å². The van der Waals surface area contributed by atoms with Crippen LogP contribution in [0.25, 0.3) is 0 Å². The SMILES string of the molecule is OC1(c2cccc(F)c2F)CCC(C(F)(F)F)CC1. The van der Waals surface area contributed by atoms with E-state index in [4.69, 9.17) is 0 Å². The summed E-state index contributed by atoms with van der Waals surface area (Å²) < 4.78 is 64.3. The summed E-state index contributed by atoms with van der Waals surface area (Å²) in [5, 5.41) is 10.3. The van der Waals surface area contributed by atoms with Crippen LogP contribution in [0.3, 0.4) is 0 Å². The molecule has 1 nitrogen and oxygen atoms in total. The zero-order valence-corrected chi connectivity index (χ0v) is 9.97. The molecule has 0 aromatic heterocycles. The van der Waals surface area contributed by atoms with Crippen LogP contribution >= 0.6 is 0 Å². The molecule has 0 amide bonds. The maximum absolute atomic E-state index is 13.6. The third-order valence-corrected chi connectivity index (χ3v) is 3.73. The molecule has 0 atom stereocenters. The lowest BCUT2D eigenvalue weighted by atomic mass is 9.75. The summed E-state index contributed by atoms with van der Waals surface area (Å²) in [6.45, 7) is 0. The number of benzene rings is 1. The van der Waals surface area contributed by atoms with E-state index < -0.39 is 29.3 Å². The highest BCUT2D eigenvalue weighted by molar-refractivity contribution is 5.26. The summed E-state index contributed by atoms with van der Waals surface area (Å²) >= 11 is 0. The number of aliphatic hydroxyl groups is 1. The van der Waals surface area contributed by atoms with Crippen molar-refractivity contribution in [3.8, 4) is 0 Å². The molecule has 6 heteroatoms. The van der Waals surface area contributed by atoms with Crippen molar-refractivity contribution in [2.45, 2.75) is 37.5 Å². The molecule has 1 N–H and O–H groups in total. The molecule has 1 aliphatic rings. The summed E-state index contributed by atoms with van der Waals surface area (Å²) in [4.78, 5) is 0. The monoisotopic (exact) mass is 280 g/mol. The van der Waals surface area contributed by atoms with Crippen LogP contribution in [0.1, 0.15) is 31.2 Å². The molecule has 1 aromatic carbocycles. The quantitative estimate of drug-likeness (QED) is 0.773. The summed E-state index contributed by atoms with van der Waals surface area (Å²) in [6, 6.07) is 3.36. The standard InChI is InChI=1S/C13H13F5O/c14-10-3-1-2-9(11(10)15)12(19)6-4-8(5-7-12)13(16,17)18/h1-3,8,19H,4-7H2. The third kappa shape index (κ3) is 2.73. The van der Waals surface area contributed by atoms with E-state index in [0.717, 1.165) is 6.07 Å². The summed E-state index contributed by atoms with van der Waals surface area (Å²) in [6.07, 6.45) is -5.32. The first kappa shape index (κ1) is 14.2. The summed E-state index contributed by atoms with van der Waals surface area (Å²) in [5.74, 6) is -3.77. The van der Waals surface area contributed by atoms with Gasteiger partial charge in [0.2, 0.25) is 0 Å². The second kappa shape index (κ2) is 4.74. The second-order valence-electron chi connectivity index (χ2n) is 4.95. The van der Waals surface area contributed by atoms with Gasteiger partial charge in [0.05, 0.1) is 11.5 Å². The lowest BCUT2D eigenvalue weighted by molar-refractivity contribution is -0.193. The highest BCUT2D eigenvalue weighted by Gasteiger charge is 2.46. The fourth-order valence-electron chi connectivity index (χ4n) is 2.56. The zero-order valence-electron chi connectivity index (χ0n) is 9.97. The minimum atomic E-state index is -4.30. The van der Waals surface area contributed by atoms with Crippen LogP contribution in [0.15, 0.2) is 18.2 Å². The first-order chi connectivity index (χ1) is 8.74. The van der Waals surface area contributed by atoms with Crippen LogP contribution in [0.2, 0.25) is 0 Å². The molecule has 1 aliphatic carbocycles. The Morgan fingerprint density at radius 1 is 1.11 bits per heavy atom. The largest absolute Gasteiger partial charge is 0.391 e. The Kier molecular flexibility index (Phi) is 3.55. The average molecular weight is 280 g/mol. The van der Waals surface area contributed by atoms with Crippen LogP contribution in [0.4, 0.5) is 22.0 Å². The Morgan fingerprint density at radius 2 is 1.68 bits per heavy atom. The molecule has 1 fully saturated rings. The molecule has 0 unspecified atom stereocenters. The highest BCUT2D eigenvalue weighted by atomic mass is 19.4. The van der Waals surface area contributed by atoms with Gasteiger partial charge >= 0.3 is 6.18 Å². The van der Waals surface area contributed by atoms with E-state index in [9.17, 15) is 27.1 Å². The number of rotatable bonds is 1. The lowest BCUT2D eigenvalue weighted by Gasteiger charge is -2.37. The van der Waals surface area contributed by atoms with Crippen molar-refractivity contribution >= 4 is 0 Å².